The summed E-state index contributed by atoms with van der Waals surface area (Å²) >= 11 is 0. The van der Waals surface area contributed by atoms with Crippen molar-refractivity contribution >= 4 is 21.4 Å². The minimum atomic E-state index is -3.34. The van der Waals surface area contributed by atoms with Crippen molar-refractivity contribution < 1.29 is 18.3 Å². The number of hydrogen-bond donors (Lipinski definition) is 4. The second-order valence-electron chi connectivity index (χ2n) is 10.3. The molecule has 0 saturated carbocycles. The van der Waals surface area contributed by atoms with E-state index in [-0.39, 0.29) is 34.4 Å². The van der Waals surface area contributed by atoms with Crippen molar-refractivity contribution in [2.45, 2.75) is 23.3 Å². The van der Waals surface area contributed by atoms with E-state index < -0.39 is 9.84 Å². The molecular weight excluding hydrogens is 510 g/mol. The van der Waals surface area contributed by atoms with Crippen LogP contribution in [-0.4, -0.2) is 32.7 Å². The molecule has 5 N–H and O–H groups in total. The predicted molar refractivity (Wildman–Crippen MR) is 153 cm³/mol. The number of fused-ring (bicyclic) bond motifs is 5. The van der Waals surface area contributed by atoms with Crippen LogP contribution in [0.4, 0.5) is 5.69 Å². The first kappa shape index (κ1) is 25.0. The average Bonchev–Trinajstić information content (AvgIpc) is 3.32. The number of anilines is 1. The van der Waals surface area contributed by atoms with Gasteiger partial charge in [0.1, 0.15) is 5.84 Å². The van der Waals surface area contributed by atoms with Gasteiger partial charge in [0, 0.05) is 23.4 Å². The van der Waals surface area contributed by atoms with Crippen molar-refractivity contribution in [3.05, 3.63) is 107 Å². The number of amidine groups is 1. The van der Waals surface area contributed by atoms with Crippen LogP contribution in [0.25, 0.3) is 11.1 Å². The van der Waals surface area contributed by atoms with Crippen LogP contribution in [0.1, 0.15) is 39.8 Å². The second kappa shape index (κ2) is 9.17. The van der Waals surface area contributed by atoms with Crippen LogP contribution in [-0.2, 0) is 16.3 Å². The van der Waals surface area contributed by atoms with Gasteiger partial charge in [0.15, 0.2) is 21.3 Å². The van der Waals surface area contributed by atoms with E-state index in [1.165, 1.54) is 24.5 Å². The number of nitrogens with two attached hydrogens (primary N) is 1. The van der Waals surface area contributed by atoms with Gasteiger partial charge in [0.2, 0.25) is 0 Å². The third-order valence-electron chi connectivity index (χ3n) is 7.99. The number of nitrogens with one attached hydrogen (secondary N) is 2. The molecule has 4 aromatic rings. The molecule has 198 valence electrons. The van der Waals surface area contributed by atoms with Gasteiger partial charge in [-0.25, -0.2) is 8.42 Å². The Labute approximate surface area is 227 Å². The Kier molecular flexibility index (Phi) is 5.88. The van der Waals surface area contributed by atoms with E-state index in [1.54, 1.807) is 30.3 Å². The first-order valence-corrected chi connectivity index (χ1v) is 14.6. The zero-order valence-corrected chi connectivity index (χ0v) is 22.4. The maximum Gasteiger partial charge on any atom is 0.175 e. The van der Waals surface area contributed by atoms with Gasteiger partial charge in [-0.05, 0) is 88.2 Å². The van der Waals surface area contributed by atoms with Crippen LogP contribution in [0.5, 0.6) is 11.5 Å². The van der Waals surface area contributed by atoms with E-state index >= 15 is 0 Å². The summed E-state index contributed by atoms with van der Waals surface area (Å²) in [5, 5.41) is 22.5. The molecule has 8 heteroatoms. The highest BCUT2D eigenvalue weighted by Crippen LogP contribution is 2.55. The lowest BCUT2D eigenvalue weighted by molar-refractivity contribution is 0.370. The molecular formula is C31H29N3O4S. The maximum atomic E-state index is 12.1. The topological polar surface area (TPSA) is 125 Å². The molecule has 6 rings (SSSR count). The third kappa shape index (κ3) is 4.21. The maximum absolute atomic E-state index is 12.1. The van der Waals surface area contributed by atoms with Gasteiger partial charge in [-0.2, -0.15) is 0 Å². The quantitative estimate of drug-likeness (QED) is 0.203. The number of nitrogen functional groups attached to an aromatic ring is 1. The zero-order valence-electron chi connectivity index (χ0n) is 21.6. The highest BCUT2D eigenvalue weighted by Gasteiger charge is 2.44. The van der Waals surface area contributed by atoms with E-state index in [0.29, 0.717) is 11.3 Å². The van der Waals surface area contributed by atoms with Crippen molar-refractivity contribution in [2.75, 3.05) is 18.7 Å². The van der Waals surface area contributed by atoms with Crippen molar-refractivity contribution in [3.8, 4) is 22.6 Å². The SMILES string of the molecule is COc1cc(C2Nc3ccc(C(=N)N)cc3C3c4ccccc4CC23)c(-c2ccc(S(C)(=O)=O)cc2)cc1O. The molecule has 1 heterocycles. The van der Waals surface area contributed by atoms with E-state index in [4.69, 9.17) is 15.9 Å². The molecule has 3 unspecified atom stereocenters. The normalized spacial score (nSPS) is 19.4. The zero-order chi connectivity index (χ0) is 27.5. The number of phenolic OH excluding ortho intramolecular Hbond substituents is 1. The van der Waals surface area contributed by atoms with Crippen molar-refractivity contribution in [1.29, 1.82) is 5.41 Å². The van der Waals surface area contributed by atoms with E-state index in [2.05, 4.69) is 29.6 Å². The van der Waals surface area contributed by atoms with Crippen LogP contribution in [0, 0.1) is 11.3 Å². The predicted octanol–water partition coefficient (Wildman–Crippen LogP) is 5.23. The standard InChI is InChI=1S/C31H29N3O4S/c1-38-28-16-23(22(15-27(28)35)17-7-10-20(11-8-17)39(2,36)37)30-25-13-18-5-3-4-6-21(18)29(25)24-14-19(31(32)33)9-12-26(24)34-30/h3-12,14-16,25,29-30,34-35H,13H2,1-2H3,(H3,32,33). The number of rotatable bonds is 5. The third-order valence-corrected chi connectivity index (χ3v) is 9.12. The number of hydrogen-bond acceptors (Lipinski definition) is 6. The minimum absolute atomic E-state index is 0.0111. The van der Waals surface area contributed by atoms with E-state index in [0.717, 1.165) is 34.4 Å². The smallest absolute Gasteiger partial charge is 0.175 e. The largest absolute Gasteiger partial charge is 0.504 e. The van der Waals surface area contributed by atoms with E-state index in [1.807, 2.05) is 24.3 Å². The van der Waals surface area contributed by atoms with Crippen molar-refractivity contribution in [1.82, 2.24) is 0 Å². The highest BCUT2D eigenvalue weighted by molar-refractivity contribution is 7.90. The number of methoxy groups -OCH3 is 1. The number of sulfone groups is 1. The average molecular weight is 540 g/mol. The van der Waals surface area contributed by atoms with Crippen LogP contribution in [0.15, 0.2) is 83.8 Å². The Hall–Kier alpha value is -4.30. The van der Waals surface area contributed by atoms with Crippen LogP contribution >= 0.6 is 0 Å². The summed E-state index contributed by atoms with van der Waals surface area (Å²) in [5.41, 5.74) is 13.7. The summed E-state index contributed by atoms with van der Waals surface area (Å²) in [5.74, 6) is 0.637. The van der Waals surface area contributed by atoms with Crippen molar-refractivity contribution in [2.24, 2.45) is 11.7 Å². The summed E-state index contributed by atoms with van der Waals surface area (Å²) in [6.45, 7) is 0. The molecule has 0 spiro atoms. The monoisotopic (exact) mass is 539 g/mol. The van der Waals surface area contributed by atoms with Crippen LogP contribution in [0.3, 0.4) is 0 Å². The molecule has 0 aromatic heterocycles. The molecule has 0 fully saturated rings. The summed E-state index contributed by atoms with van der Waals surface area (Å²) in [6.07, 6.45) is 2.03. The first-order valence-electron chi connectivity index (χ1n) is 12.7. The molecule has 7 nitrogen and oxygen atoms in total. The number of phenols is 1. The summed E-state index contributed by atoms with van der Waals surface area (Å²) in [6, 6.07) is 24.5. The molecule has 0 radical (unpaired) electrons. The van der Waals surface area contributed by atoms with Gasteiger partial charge in [-0.3, -0.25) is 5.41 Å². The number of ether oxygens (including phenoxy) is 1. The molecule has 4 aromatic carbocycles. The molecule has 1 aliphatic carbocycles. The Bertz CT molecular complexity index is 1730. The van der Waals surface area contributed by atoms with Gasteiger partial charge in [-0.15, -0.1) is 0 Å². The fourth-order valence-corrected chi connectivity index (χ4v) is 6.80. The fourth-order valence-electron chi connectivity index (χ4n) is 6.17. The Morgan fingerprint density at radius 1 is 1.00 bits per heavy atom. The summed E-state index contributed by atoms with van der Waals surface area (Å²) in [4.78, 5) is 0.239. The molecule has 3 atom stereocenters. The molecule has 0 saturated heterocycles. The minimum Gasteiger partial charge on any atom is -0.504 e. The van der Waals surface area contributed by atoms with Gasteiger partial charge in [0.25, 0.3) is 0 Å². The number of aromatic hydroxyl groups is 1. The summed E-state index contributed by atoms with van der Waals surface area (Å²) in [7, 11) is -1.81. The molecule has 1 aliphatic heterocycles. The molecule has 39 heavy (non-hydrogen) atoms. The van der Waals surface area contributed by atoms with Crippen molar-refractivity contribution in [3.63, 3.8) is 0 Å². The Morgan fingerprint density at radius 3 is 2.44 bits per heavy atom. The van der Waals surface area contributed by atoms with Gasteiger partial charge in [-0.1, -0.05) is 36.4 Å². The molecule has 0 amide bonds. The first-order chi connectivity index (χ1) is 18.7. The van der Waals surface area contributed by atoms with Gasteiger partial charge < -0.3 is 20.9 Å². The molecule has 0 bridgehead atoms. The van der Waals surface area contributed by atoms with Crippen LogP contribution < -0.4 is 15.8 Å². The Morgan fingerprint density at radius 2 is 1.74 bits per heavy atom. The second-order valence-corrected chi connectivity index (χ2v) is 12.3. The number of benzene rings is 4. The lowest BCUT2D eigenvalue weighted by atomic mass is 9.74. The van der Waals surface area contributed by atoms with Crippen LogP contribution in [0.2, 0.25) is 0 Å². The molecule has 2 aliphatic rings. The lowest BCUT2D eigenvalue weighted by Gasteiger charge is -2.39. The fraction of sp³-hybridized carbons (Fsp3) is 0.194. The van der Waals surface area contributed by atoms with Gasteiger partial charge >= 0.3 is 0 Å². The van der Waals surface area contributed by atoms with Gasteiger partial charge in [0.05, 0.1) is 18.0 Å². The summed E-state index contributed by atoms with van der Waals surface area (Å²) < 4.78 is 29.6. The highest BCUT2D eigenvalue weighted by atomic mass is 32.2. The Balaban J connectivity index is 1.54. The lowest BCUT2D eigenvalue weighted by Crippen LogP contribution is -2.31. The van der Waals surface area contributed by atoms with E-state index in [9.17, 15) is 13.5 Å².